The summed E-state index contributed by atoms with van der Waals surface area (Å²) >= 11 is 0. The number of hydrogen-bond donors (Lipinski definition) is 3. The van der Waals surface area contributed by atoms with E-state index in [0.717, 1.165) is 0 Å². The van der Waals surface area contributed by atoms with Gasteiger partial charge in [0.2, 0.25) is 12.7 Å². The van der Waals surface area contributed by atoms with Crippen LogP contribution in [-0.4, -0.2) is 55.0 Å². The number of benzene rings is 2. The molecule has 2 aliphatic heterocycles. The third kappa shape index (κ3) is 4.08. The van der Waals surface area contributed by atoms with Gasteiger partial charge >= 0.3 is 0 Å². The largest absolute Gasteiger partial charge is 0.508 e. The van der Waals surface area contributed by atoms with Crippen molar-refractivity contribution in [1.29, 1.82) is 0 Å². The minimum Gasteiger partial charge on any atom is -0.508 e. The molecule has 0 spiro atoms. The van der Waals surface area contributed by atoms with Crippen molar-refractivity contribution < 1.29 is 37.3 Å². The van der Waals surface area contributed by atoms with Crippen molar-refractivity contribution in [3.05, 3.63) is 64.0 Å². The Labute approximate surface area is 193 Å². The van der Waals surface area contributed by atoms with Crippen LogP contribution in [0.25, 0.3) is 11.0 Å². The number of ether oxygens (including phenoxy) is 2. The van der Waals surface area contributed by atoms with Crippen LogP contribution in [0.5, 0.6) is 17.2 Å². The number of hydrogen-bond acceptors (Lipinski definition) is 9. The Morgan fingerprint density at radius 1 is 1.12 bits per heavy atom. The smallest absolute Gasteiger partial charge is 0.231 e. The van der Waals surface area contributed by atoms with Gasteiger partial charge in [-0.25, -0.2) is 8.42 Å². The van der Waals surface area contributed by atoms with Crippen LogP contribution in [-0.2, 0) is 14.6 Å². The Balaban J connectivity index is 1.54. The topological polar surface area (TPSA) is 152 Å². The Hall–Kier alpha value is -3.57. The maximum absolute atomic E-state index is 13.3. The summed E-state index contributed by atoms with van der Waals surface area (Å²) in [6.07, 6.45) is -0.293. The summed E-state index contributed by atoms with van der Waals surface area (Å²) in [5.41, 5.74) is 0.359. The molecule has 178 valence electrons. The lowest BCUT2D eigenvalue weighted by atomic mass is 9.87. The molecular formula is C23H21NO9S. The Morgan fingerprint density at radius 3 is 2.59 bits per heavy atom. The van der Waals surface area contributed by atoms with Crippen LogP contribution >= 0.6 is 0 Å². The molecule has 0 bridgehead atoms. The van der Waals surface area contributed by atoms with E-state index >= 15 is 0 Å². The molecule has 2 aliphatic rings. The molecular weight excluding hydrogens is 466 g/mol. The monoisotopic (exact) mass is 487 g/mol. The van der Waals surface area contributed by atoms with E-state index in [1.54, 1.807) is 24.3 Å². The van der Waals surface area contributed by atoms with E-state index in [-0.39, 0.29) is 41.3 Å². The molecule has 3 unspecified atom stereocenters. The molecule has 0 radical (unpaired) electrons. The Bertz CT molecular complexity index is 1450. The van der Waals surface area contributed by atoms with E-state index in [4.69, 9.17) is 13.9 Å². The molecule has 34 heavy (non-hydrogen) atoms. The Morgan fingerprint density at radius 2 is 1.85 bits per heavy atom. The number of aliphatic hydroxyl groups is 1. The molecule has 5 rings (SSSR count). The maximum atomic E-state index is 13.3. The molecule has 1 fully saturated rings. The van der Waals surface area contributed by atoms with Gasteiger partial charge in [-0.1, -0.05) is 12.1 Å². The number of para-hydroxylation sites is 1. The van der Waals surface area contributed by atoms with Gasteiger partial charge in [0.1, 0.15) is 11.3 Å². The van der Waals surface area contributed by atoms with Crippen molar-refractivity contribution in [3.8, 4) is 17.2 Å². The van der Waals surface area contributed by atoms with E-state index in [1.165, 1.54) is 18.4 Å². The molecule has 3 atom stereocenters. The summed E-state index contributed by atoms with van der Waals surface area (Å²) < 4.78 is 39.9. The number of fused-ring (bicyclic) bond motifs is 2. The number of aromatic hydroxyl groups is 1. The van der Waals surface area contributed by atoms with E-state index in [2.05, 4.69) is 5.32 Å². The highest BCUT2D eigenvalue weighted by Gasteiger charge is 2.38. The van der Waals surface area contributed by atoms with Crippen LogP contribution in [0, 0.1) is 0 Å². The maximum Gasteiger partial charge on any atom is 0.231 e. The quantitative estimate of drug-likeness (QED) is 0.479. The van der Waals surface area contributed by atoms with Gasteiger partial charge in [-0.3, -0.25) is 9.59 Å². The van der Waals surface area contributed by atoms with Crippen molar-refractivity contribution in [2.45, 2.75) is 24.5 Å². The zero-order valence-electron chi connectivity index (χ0n) is 17.8. The first-order valence-electron chi connectivity index (χ1n) is 10.5. The SMILES string of the molecule is O=C(CC(c1cc2c(cc1O)OCO2)c1coc2ccccc2c1=O)NC1CS(=O)(=O)CC1O. The van der Waals surface area contributed by atoms with Crippen LogP contribution in [0.4, 0.5) is 0 Å². The second kappa shape index (κ2) is 8.33. The summed E-state index contributed by atoms with van der Waals surface area (Å²) in [5, 5.41) is 23.6. The predicted molar refractivity (Wildman–Crippen MR) is 120 cm³/mol. The number of nitrogens with one attached hydrogen (secondary N) is 1. The number of carbonyl (C=O) groups excluding carboxylic acids is 1. The zero-order chi connectivity index (χ0) is 24.0. The third-order valence-corrected chi connectivity index (χ3v) is 7.75. The molecule has 3 aromatic rings. The van der Waals surface area contributed by atoms with Gasteiger partial charge in [0.25, 0.3) is 0 Å². The van der Waals surface area contributed by atoms with Crippen LogP contribution in [0.3, 0.4) is 0 Å². The minimum atomic E-state index is -3.47. The first-order chi connectivity index (χ1) is 16.2. The molecule has 1 amide bonds. The number of phenolic OH excluding ortho intramolecular Hbond substituents is 1. The highest BCUT2D eigenvalue weighted by Crippen LogP contribution is 2.42. The Kier molecular flexibility index (Phi) is 5.45. The van der Waals surface area contributed by atoms with E-state index < -0.39 is 39.6 Å². The van der Waals surface area contributed by atoms with Crippen LogP contribution in [0.15, 0.2) is 51.9 Å². The summed E-state index contributed by atoms with van der Waals surface area (Å²) in [6.45, 7) is -0.0322. The number of amides is 1. The van der Waals surface area contributed by atoms with Gasteiger partial charge in [0.15, 0.2) is 26.8 Å². The second-order valence-electron chi connectivity index (χ2n) is 8.36. The van der Waals surface area contributed by atoms with Gasteiger partial charge in [-0.05, 0) is 18.2 Å². The summed E-state index contributed by atoms with van der Waals surface area (Å²) in [6, 6.07) is 8.53. The predicted octanol–water partition coefficient (Wildman–Crippen LogP) is 1.02. The first kappa shape index (κ1) is 22.2. The lowest BCUT2D eigenvalue weighted by molar-refractivity contribution is -0.122. The number of rotatable bonds is 5. The van der Waals surface area contributed by atoms with Crippen molar-refractivity contribution >= 4 is 26.7 Å². The van der Waals surface area contributed by atoms with Gasteiger partial charge in [-0.15, -0.1) is 0 Å². The summed E-state index contributed by atoms with van der Waals surface area (Å²) in [5.74, 6) is -1.90. The van der Waals surface area contributed by atoms with Crippen LogP contribution < -0.4 is 20.2 Å². The molecule has 1 saturated heterocycles. The number of aliphatic hydroxyl groups excluding tert-OH is 1. The lowest BCUT2D eigenvalue weighted by Crippen LogP contribution is -2.43. The van der Waals surface area contributed by atoms with Crippen molar-refractivity contribution in [2.75, 3.05) is 18.3 Å². The van der Waals surface area contributed by atoms with Crippen molar-refractivity contribution in [1.82, 2.24) is 5.32 Å². The van der Waals surface area contributed by atoms with Crippen LogP contribution in [0.2, 0.25) is 0 Å². The highest BCUT2D eigenvalue weighted by molar-refractivity contribution is 7.91. The molecule has 0 saturated carbocycles. The fraction of sp³-hybridized carbons (Fsp3) is 0.304. The molecule has 3 heterocycles. The number of carbonyl (C=O) groups is 1. The number of phenols is 1. The first-order valence-corrected chi connectivity index (χ1v) is 12.3. The van der Waals surface area contributed by atoms with Gasteiger partial charge in [-0.2, -0.15) is 0 Å². The van der Waals surface area contributed by atoms with Gasteiger partial charge in [0, 0.05) is 29.5 Å². The summed E-state index contributed by atoms with van der Waals surface area (Å²) in [7, 11) is -3.47. The molecule has 0 aliphatic carbocycles. The summed E-state index contributed by atoms with van der Waals surface area (Å²) in [4.78, 5) is 26.2. The average Bonchev–Trinajstić information content (AvgIpc) is 3.34. The fourth-order valence-electron chi connectivity index (χ4n) is 4.36. The molecule has 2 aromatic carbocycles. The van der Waals surface area contributed by atoms with Crippen molar-refractivity contribution in [3.63, 3.8) is 0 Å². The number of sulfone groups is 1. The van der Waals surface area contributed by atoms with Gasteiger partial charge in [0.05, 0.1) is 35.3 Å². The molecule has 3 N–H and O–H groups in total. The third-order valence-electron chi connectivity index (χ3n) is 6.04. The van der Waals surface area contributed by atoms with Gasteiger partial charge < -0.3 is 29.4 Å². The minimum absolute atomic E-state index is 0.0322. The second-order valence-corrected chi connectivity index (χ2v) is 10.5. The lowest BCUT2D eigenvalue weighted by Gasteiger charge is -2.21. The zero-order valence-corrected chi connectivity index (χ0v) is 18.6. The fourth-order valence-corrected chi connectivity index (χ4v) is 6.11. The molecule has 11 heteroatoms. The van der Waals surface area contributed by atoms with Crippen LogP contribution in [0.1, 0.15) is 23.5 Å². The van der Waals surface area contributed by atoms with E-state index in [9.17, 15) is 28.2 Å². The normalized spacial score (nSPS) is 21.4. The van der Waals surface area contributed by atoms with E-state index in [1.807, 2.05) is 0 Å². The average molecular weight is 487 g/mol. The van der Waals surface area contributed by atoms with Crippen molar-refractivity contribution in [2.24, 2.45) is 0 Å². The highest BCUT2D eigenvalue weighted by atomic mass is 32.2. The molecule has 1 aromatic heterocycles. The standard InChI is InChI=1S/C23H21NO9S/c25-17-7-21-20(32-11-33-21)5-14(17)13(6-22(27)24-16-9-34(29,30)10-18(16)26)15-8-31-19-4-2-1-3-12(19)23(15)28/h1-5,7-8,13,16,18,25-26H,6,9-11H2,(H,24,27). The molecule has 10 nitrogen and oxygen atoms in total. The van der Waals surface area contributed by atoms with E-state index in [0.29, 0.717) is 22.5 Å².